The summed E-state index contributed by atoms with van der Waals surface area (Å²) in [7, 11) is 0. The number of hydrogen-bond acceptors (Lipinski definition) is 6. The van der Waals surface area contributed by atoms with E-state index < -0.39 is 5.91 Å². The number of aromatic nitrogens is 3. The fraction of sp³-hybridized carbons (Fsp3) is 0.217. The number of imidazole rings is 1. The molecule has 0 aliphatic carbocycles. The molecule has 32 heavy (non-hydrogen) atoms. The number of hydrogen-bond donors (Lipinski definition) is 3. The maximum Gasteiger partial charge on any atom is 0.269 e. The zero-order chi connectivity index (χ0) is 22.7. The smallest absolute Gasteiger partial charge is 0.269 e. The number of primary amides is 1. The Morgan fingerprint density at radius 3 is 2.66 bits per heavy atom. The van der Waals surface area contributed by atoms with Crippen LogP contribution in [0.2, 0.25) is 0 Å². The fourth-order valence-corrected chi connectivity index (χ4v) is 4.03. The molecule has 1 aromatic carbocycles. The summed E-state index contributed by atoms with van der Waals surface area (Å²) in [6, 6.07) is 12.0. The number of benzene rings is 1. The standard InChI is InChI=1S/C23H25N7O2/c1-2-13-29-14-5-6-17(29)22-28-19(20(21(24)31)30(22)25)15-8-10-16(11-9-15)23(32)27-18-7-3-4-12-26-18/h2-4,7-12,17H,1,5-6,13-14,25H2,(H2,24,31)(H,26,27,32)/t17-/m0/s1. The van der Waals surface area contributed by atoms with Gasteiger partial charge >= 0.3 is 0 Å². The molecule has 2 aromatic heterocycles. The van der Waals surface area contributed by atoms with Crippen molar-refractivity contribution in [2.24, 2.45) is 5.73 Å². The van der Waals surface area contributed by atoms with E-state index in [1.54, 1.807) is 48.7 Å². The van der Waals surface area contributed by atoms with Crippen molar-refractivity contribution in [3.8, 4) is 11.3 Å². The van der Waals surface area contributed by atoms with Gasteiger partial charge in [0, 0.05) is 23.9 Å². The maximum atomic E-state index is 12.5. The number of anilines is 1. The van der Waals surface area contributed by atoms with E-state index in [2.05, 4.69) is 21.8 Å². The van der Waals surface area contributed by atoms with E-state index in [9.17, 15) is 9.59 Å². The summed E-state index contributed by atoms with van der Waals surface area (Å²) >= 11 is 0. The Hall–Kier alpha value is -3.98. The number of pyridine rings is 1. The number of nitrogens with zero attached hydrogens (tertiary/aromatic N) is 4. The number of carbonyl (C=O) groups excluding carboxylic acids is 2. The van der Waals surface area contributed by atoms with Gasteiger partial charge in [0.1, 0.15) is 17.3 Å². The molecule has 0 unspecified atom stereocenters. The first kappa shape index (κ1) is 21.3. The third-order valence-electron chi connectivity index (χ3n) is 5.52. The van der Waals surface area contributed by atoms with Crippen LogP contribution >= 0.6 is 0 Å². The van der Waals surface area contributed by atoms with Crippen LogP contribution in [-0.2, 0) is 0 Å². The van der Waals surface area contributed by atoms with Crippen molar-refractivity contribution in [1.82, 2.24) is 19.5 Å². The summed E-state index contributed by atoms with van der Waals surface area (Å²) in [5.74, 6) is 6.37. The molecule has 0 bridgehead atoms. The van der Waals surface area contributed by atoms with E-state index in [1.807, 2.05) is 6.08 Å². The molecular weight excluding hydrogens is 406 g/mol. The fourth-order valence-electron chi connectivity index (χ4n) is 4.03. The lowest BCUT2D eigenvalue weighted by Gasteiger charge is -2.22. The molecule has 1 aliphatic rings. The van der Waals surface area contributed by atoms with Crippen LogP contribution in [0, 0.1) is 0 Å². The second-order valence-corrected chi connectivity index (χ2v) is 7.59. The number of rotatable bonds is 7. The number of likely N-dealkylation sites (tertiary alicyclic amines) is 1. The van der Waals surface area contributed by atoms with Gasteiger partial charge in [-0.25, -0.2) is 14.6 Å². The third-order valence-corrected chi connectivity index (χ3v) is 5.52. The normalized spacial score (nSPS) is 16.1. The molecule has 1 fully saturated rings. The van der Waals surface area contributed by atoms with Crippen molar-refractivity contribution in [3.63, 3.8) is 0 Å². The van der Waals surface area contributed by atoms with Crippen molar-refractivity contribution in [1.29, 1.82) is 0 Å². The Labute approximate surface area is 185 Å². The monoisotopic (exact) mass is 431 g/mol. The number of amides is 2. The van der Waals surface area contributed by atoms with Crippen LogP contribution < -0.4 is 16.9 Å². The van der Waals surface area contributed by atoms with Gasteiger partial charge in [0.25, 0.3) is 11.8 Å². The van der Waals surface area contributed by atoms with Crippen molar-refractivity contribution >= 4 is 17.6 Å². The molecule has 9 nitrogen and oxygen atoms in total. The second kappa shape index (κ2) is 9.03. The Bertz CT molecular complexity index is 1140. The SMILES string of the molecule is C=CCN1CCC[C@H]1c1nc(-c2ccc(C(=O)Nc3ccccn3)cc2)c(C(N)=O)n1N. The van der Waals surface area contributed by atoms with E-state index in [0.717, 1.165) is 19.4 Å². The van der Waals surface area contributed by atoms with Gasteiger partial charge in [0.2, 0.25) is 0 Å². The van der Waals surface area contributed by atoms with Crippen LogP contribution in [0.1, 0.15) is 45.6 Å². The van der Waals surface area contributed by atoms with Gasteiger partial charge < -0.3 is 16.9 Å². The van der Waals surface area contributed by atoms with Gasteiger partial charge in [0.05, 0.1) is 6.04 Å². The molecule has 1 saturated heterocycles. The minimum absolute atomic E-state index is 0.0201. The molecule has 5 N–H and O–H groups in total. The minimum atomic E-state index is -0.661. The average molecular weight is 432 g/mol. The predicted octanol–water partition coefficient (Wildman–Crippen LogP) is 2.33. The Morgan fingerprint density at radius 2 is 2.00 bits per heavy atom. The van der Waals surface area contributed by atoms with Crippen LogP contribution in [-0.4, -0.2) is 44.4 Å². The first-order chi connectivity index (χ1) is 15.5. The molecule has 9 heteroatoms. The highest BCUT2D eigenvalue weighted by Gasteiger charge is 2.32. The largest absolute Gasteiger partial charge is 0.364 e. The molecule has 164 valence electrons. The van der Waals surface area contributed by atoms with Crippen LogP contribution in [0.15, 0.2) is 61.3 Å². The van der Waals surface area contributed by atoms with Gasteiger partial charge in [-0.2, -0.15) is 0 Å². The highest BCUT2D eigenvalue weighted by atomic mass is 16.2. The topological polar surface area (TPSA) is 132 Å². The molecule has 4 rings (SSSR count). The second-order valence-electron chi connectivity index (χ2n) is 7.59. The van der Waals surface area contributed by atoms with Crippen molar-refractivity contribution in [2.75, 3.05) is 24.2 Å². The van der Waals surface area contributed by atoms with Gasteiger partial charge in [-0.05, 0) is 43.7 Å². The lowest BCUT2D eigenvalue weighted by Crippen LogP contribution is -2.29. The van der Waals surface area contributed by atoms with Gasteiger partial charge in [-0.1, -0.05) is 24.3 Å². The highest BCUT2D eigenvalue weighted by Crippen LogP contribution is 2.34. The van der Waals surface area contributed by atoms with Crippen LogP contribution in [0.5, 0.6) is 0 Å². The minimum Gasteiger partial charge on any atom is -0.364 e. The Kier molecular flexibility index (Phi) is 6.00. The summed E-state index contributed by atoms with van der Waals surface area (Å²) in [5.41, 5.74) is 7.27. The summed E-state index contributed by atoms with van der Waals surface area (Å²) in [6.45, 7) is 5.43. The molecular formula is C23H25N7O2. The molecule has 0 radical (unpaired) electrons. The predicted molar refractivity (Wildman–Crippen MR) is 122 cm³/mol. The van der Waals surface area contributed by atoms with E-state index >= 15 is 0 Å². The van der Waals surface area contributed by atoms with E-state index in [-0.39, 0.29) is 17.6 Å². The Morgan fingerprint density at radius 1 is 1.22 bits per heavy atom. The molecule has 0 saturated carbocycles. The summed E-state index contributed by atoms with van der Waals surface area (Å²) in [5, 5.41) is 2.74. The molecule has 1 atom stereocenters. The molecule has 2 amide bonds. The Balaban J connectivity index is 1.63. The third kappa shape index (κ3) is 4.10. The number of carbonyl (C=O) groups is 2. The molecule has 3 aromatic rings. The van der Waals surface area contributed by atoms with Crippen molar-refractivity contribution < 1.29 is 9.59 Å². The summed E-state index contributed by atoms with van der Waals surface area (Å²) < 4.78 is 1.30. The van der Waals surface area contributed by atoms with Crippen molar-refractivity contribution in [2.45, 2.75) is 18.9 Å². The lowest BCUT2D eigenvalue weighted by atomic mass is 10.1. The summed E-state index contributed by atoms with van der Waals surface area (Å²) in [4.78, 5) is 35.7. The number of nitrogens with one attached hydrogen (secondary N) is 1. The molecule has 3 heterocycles. The summed E-state index contributed by atoms with van der Waals surface area (Å²) in [6.07, 6.45) is 5.33. The average Bonchev–Trinajstić information content (AvgIpc) is 3.38. The molecule has 1 aliphatic heterocycles. The zero-order valence-electron chi connectivity index (χ0n) is 17.6. The van der Waals surface area contributed by atoms with Crippen molar-refractivity contribution in [3.05, 3.63) is 78.4 Å². The zero-order valence-corrected chi connectivity index (χ0v) is 17.6. The van der Waals surface area contributed by atoms with E-state index in [1.165, 1.54) is 4.68 Å². The molecule has 0 spiro atoms. The van der Waals surface area contributed by atoms with Crippen LogP contribution in [0.3, 0.4) is 0 Å². The first-order valence-corrected chi connectivity index (χ1v) is 10.3. The van der Waals surface area contributed by atoms with Gasteiger partial charge in [-0.15, -0.1) is 6.58 Å². The maximum absolute atomic E-state index is 12.5. The lowest BCUT2D eigenvalue weighted by molar-refractivity contribution is 0.0991. The number of nitrogens with two attached hydrogens (primary N) is 2. The van der Waals surface area contributed by atoms with Crippen LogP contribution in [0.4, 0.5) is 5.82 Å². The van der Waals surface area contributed by atoms with E-state index in [0.29, 0.717) is 35.0 Å². The number of nitrogen functional groups attached to an aromatic ring is 1. The van der Waals surface area contributed by atoms with E-state index in [4.69, 9.17) is 16.6 Å². The quantitative estimate of drug-likeness (QED) is 0.389. The van der Waals surface area contributed by atoms with Gasteiger partial charge in [0.15, 0.2) is 5.69 Å². The highest BCUT2D eigenvalue weighted by molar-refractivity contribution is 6.04. The van der Waals surface area contributed by atoms with Gasteiger partial charge in [-0.3, -0.25) is 14.5 Å². The van der Waals surface area contributed by atoms with Crippen LogP contribution in [0.25, 0.3) is 11.3 Å². The first-order valence-electron chi connectivity index (χ1n) is 10.3.